The van der Waals surface area contributed by atoms with Crippen LogP contribution in [0.15, 0.2) is 0 Å². The van der Waals surface area contributed by atoms with Crippen molar-refractivity contribution in [1.29, 1.82) is 0 Å². The summed E-state index contributed by atoms with van der Waals surface area (Å²) in [7, 11) is 0. The van der Waals surface area contributed by atoms with Gasteiger partial charge in [0, 0.05) is 6.04 Å². The standard InChI is InChI=1S/C8H16N2O3/c1-5(11)7(10)3-2-6(9)4-8(12)13/h6-7H,2-4,9-10H2,1H3,(H,12,13)/t6-,7?/m1/s1. The second kappa shape index (κ2) is 5.66. The predicted octanol–water partition coefficient (Wildman–Crippen LogP) is -0.515. The first kappa shape index (κ1) is 12.1. The summed E-state index contributed by atoms with van der Waals surface area (Å²) in [4.78, 5) is 20.9. The molecule has 0 aromatic rings. The van der Waals surface area contributed by atoms with Crippen LogP contribution in [0.25, 0.3) is 0 Å². The van der Waals surface area contributed by atoms with Crippen LogP contribution in [0, 0.1) is 0 Å². The van der Waals surface area contributed by atoms with Crippen molar-refractivity contribution in [2.45, 2.75) is 38.3 Å². The normalized spacial score (nSPS) is 15.0. The van der Waals surface area contributed by atoms with Crippen LogP contribution in [0.1, 0.15) is 26.2 Å². The summed E-state index contributed by atoms with van der Waals surface area (Å²) in [5.41, 5.74) is 10.9. The molecular formula is C8H16N2O3. The van der Waals surface area contributed by atoms with Crippen molar-refractivity contribution >= 4 is 11.8 Å². The van der Waals surface area contributed by atoms with Gasteiger partial charge in [-0.1, -0.05) is 0 Å². The molecule has 5 heteroatoms. The maximum atomic E-state index is 10.7. The number of Topliss-reactive ketones (excluding diaryl/α,β-unsaturated/α-hetero) is 1. The minimum Gasteiger partial charge on any atom is -0.481 e. The zero-order chi connectivity index (χ0) is 10.4. The Bertz CT molecular complexity index is 194. The fourth-order valence-electron chi connectivity index (χ4n) is 0.923. The van der Waals surface area contributed by atoms with Gasteiger partial charge in [-0.05, 0) is 19.8 Å². The SMILES string of the molecule is CC(=O)C(N)CC[C@@H](N)CC(=O)O. The Morgan fingerprint density at radius 3 is 2.23 bits per heavy atom. The van der Waals surface area contributed by atoms with E-state index in [0.717, 1.165) is 0 Å². The molecule has 0 fully saturated rings. The van der Waals surface area contributed by atoms with E-state index < -0.39 is 18.1 Å². The molecule has 0 saturated carbocycles. The molecule has 5 N–H and O–H groups in total. The van der Waals surface area contributed by atoms with Gasteiger partial charge in [-0.25, -0.2) is 0 Å². The predicted molar refractivity (Wildman–Crippen MR) is 48.1 cm³/mol. The molecule has 0 radical (unpaired) electrons. The lowest BCUT2D eigenvalue weighted by Crippen LogP contribution is -2.32. The summed E-state index contributed by atoms with van der Waals surface area (Å²) in [6.07, 6.45) is 0.835. The zero-order valence-corrected chi connectivity index (χ0v) is 7.69. The minimum absolute atomic E-state index is 0.0787. The number of hydrogen-bond donors (Lipinski definition) is 3. The third-order valence-corrected chi connectivity index (χ3v) is 1.81. The first-order chi connectivity index (χ1) is 5.93. The highest BCUT2D eigenvalue weighted by molar-refractivity contribution is 5.81. The van der Waals surface area contributed by atoms with E-state index in [1.807, 2.05) is 0 Å². The quantitative estimate of drug-likeness (QED) is 0.520. The van der Waals surface area contributed by atoms with Crippen LogP contribution in [0.4, 0.5) is 0 Å². The number of carbonyl (C=O) groups is 2. The molecule has 0 bridgehead atoms. The molecule has 0 aliphatic carbocycles. The van der Waals surface area contributed by atoms with E-state index in [4.69, 9.17) is 16.6 Å². The Morgan fingerprint density at radius 1 is 1.31 bits per heavy atom. The van der Waals surface area contributed by atoms with Crippen molar-refractivity contribution in [3.8, 4) is 0 Å². The Kier molecular flexibility index (Phi) is 5.25. The highest BCUT2D eigenvalue weighted by atomic mass is 16.4. The molecule has 0 aliphatic rings. The number of carbonyl (C=O) groups excluding carboxylic acids is 1. The smallest absolute Gasteiger partial charge is 0.304 e. The third kappa shape index (κ3) is 6.24. The second-order valence-electron chi connectivity index (χ2n) is 3.15. The van der Waals surface area contributed by atoms with Crippen molar-refractivity contribution < 1.29 is 14.7 Å². The summed E-state index contributed by atoms with van der Waals surface area (Å²) < 4.78 is 0. The lowest BCUT2D eigenvalue weighted by atomic mass is 10.0. The topological polar surface area (TPSA) is 106 Å². The molecule has 0 aliphatic heterocycles. The number of aliphatic carboxylic acids is 1. The zero-order valence-electron chi connectivity index (χ0n) is 7.69. The molecule has 13 heavy (non-hydrogen) atoms. The molecule has 5 nitrogen and oxygen atoms in total. The number of nitrogens with two attached hydrogens (primary N) is 2. The molecule has 76 valence electrons. The summed E-state index contributed by atoms with van der Waals surface area (Å²) in [5, 5.41) is 8.38. The first-order valence-corrected chi connectivity index (χ1v) is 4.17. The Hall–Kier alpha value is -0.940. The fourth-order valence-corrected chi connectivity index (χ4v) is 0.923. The molecule has 0 amide bonds. The number of hydrogen-bond acceptors (Lipinski definition) is 4. The Morgan fingerprint density at radius 2 is 1.85 bits per heavy atom. The third-order valence-electron chi connectivity index (χ3n) is 1.81. The van der Waals surface area contributed by atoms with E-state index >= 15 is 0 Å². The van der Waals surface area contributed by atoms with Gasteiger partial charge in [0.15, 0.2) is 0 Å². The van der Waals surface area contributed by atoms with Crippen molar-refractivity contribution in [2.24, 2.45) is 11.5 Å². The fraction of sp³-hybridized carbons (Fsp3) is 0.750. The summed E-state index contributed by atoms with van der Waals surface area (Å²) in [5.74, 6) is -1.02. The maximum Gasteiger partial charge on any atom is 0.304 e. The van der Waals surface area contributed by atoms with Crippen LogP contribution >= 0.6 is 0 Å². The van der Waals surface area contributed by atoms with Crippen LogP contribution in [0.5, 0.6) is 0 Å². The van der Waals surface area contributed by atoms with Crippen molar-refractivity contribution in [1.82, 2.24) is 0 Å². The van der Waals surface area contributed by atoms with Gasteiger partial charge in [-0.15, -0.1) is 0 Å². The largest absolute Gasteiger partial charge is 0.481 e. The van der Waals surface area contributed by atoms with E-state index in [2.05, 4.69) is 0 Å². The molecule has 0 spiro atoms. The minimum atomic E-state index is -0.927. The number of ketones is 1. The van der Waals surface area contributed by atoms with E-state index in [1.165, 1.54) is 6.92 Å². The van der Waals surface area contributed by atoms with E-state index in [-0.39, 0.29) is 12.2 Å². The van der Waals surface area contributed by atoms with Gasteiger partial charge < -0.3 is 16.6 Å². The molecule has 2 atom stereocenters. The summed E-state index contributed by atoms with van der Waals surface area (Å²) >= 11 is 0. The van der Waals surface area contributed by atoms with Gasteiger partial charge in [-0.3, -0.25) is 9.59 Å². The van der Waals surface area contributed by atoms with Crippen LogP contribution in [0.3, 0.4) is 0 Å². The average Bonchev–Trinajstić information content (AvgIpc) is 1.98. The molecule has 0 aromatic carbocycles. The van der Waals surface area contributed by atoms with Gasteiger partial charge in [0.05, 0.1) is 12.5 Å². The number of carboxylic acids is 1. The van der Waals surface area contributed by atoms with Crippen molar-refractivity contribution in [3.63, 3.8) is 0 Å². The van der Waals surface area contributed by atoms with Crippen molar-refractivity contribution in [3.05, 3.63) is 0 Å². The first-order valence-electron chi connectivity index (χ1n) is 4.17. The van der Waals surface area contributed by atoms with Crippen LogP contribution in [0.2, 0.25) is 0 Å². The molecule has 0 aromatic heterocycles. The Balaban J connectivity index is 3.63. The number of carboxylic acid groups (broad SMARTS) is 1. The van der Waals surface area contributed by atoms with Gasteiger partial charge >= 0.3 is 5.97 Å². The second-order valence-corrected chi connectivity index (χ2v) is 3.15. The average molecular weight is 188 g/mol. The lowest BCUT2D eigenvalue weighted by molar-refractivity contribution is -0.137. The molecular weight excluding hydrogens is 172 g/mol. The van der Waals surface area contributed by atoms with Gasteiger partial charge in [-0.2, -0.15) is 0 Å². The van der Waals surface area contributed by atoms with Gasteiger partial charge in [0.1, 0.15) is 5.78 Å². The number of rotatable bonds is 6. The summed E-state index contributed by atoms with van der Waals surface area (Å²) in [6, 6.07) is -0.928. The Labute approximate surface area is 77.1 Å². The van der Waals surface area contributed by atoms with Crippen LogP contribution in [-0.4, -0.2) is 28.9 Å². The lowest BCUT2D eigenvalue weighted by Gasteiger charge is -2.11. The van der Waals surface area contributed by atoms with Gasteiger partial charge in [0.25, 0.3) is 0 Å². The van der Waals surface area contributed by atoms with E-state index in [0.29, 0.717) is 12.8 Å². The molecule has 0 heterocycles. The molecule has 0 saturated heterocycles. The monoisotopic (exact) mass is 188 g/mol. The van der Waals surface area contributed by atoms with E-state index in [9.17, 15) is 9.59 Å². The van der Waals surface area contributed by atoms with Crippen LogP contribution < -0.4 is 11.5 Å². The highest BCUT2D eigenvalue weighted by Gasteiger charge is 2.12. The maximum absolute atomic E-state index is 10.7. The highest BCUT2D eigenvalue weighted by Crippen LogP contribution is 2.02. The van der Waals surface area contributed by atoms with E-state index in [1.54, 1.807) is 0 Å². The molecule has 0 rings (SSSR count). The summed E-state index contributed by atoms with van der Waals surface area (Å²) in [6.45, 7) is 1.41. The van der Waals surface area contributed by atoms with Crippen molar-refractivity contribution in [2.75, 3.05) is 0 Å². The van der Waals surface area contributed by atoms with Gasteiger partial charge in [0.2, 0.25) is 0 Å². The molecule has 1 unspecified atom stereocenters. The van der Waals surface area contributed by atoms with Crippen LogP contribution in [-0.2, 0) is 9.59 Å².